The van der Waals surface area contributed by atoms with Crippen molar-refractivity contribution in [3.8, 4) is 5.75 Å². The van der Waals surface area contributed by atoms with Crippen LogP contribution in [0.5, 0.6) is 5.75 Å². The number of anilines is 3. The number of nitrogens with zero attached hydrogens (tertiary/aromatic N) is 3. The summed E-state index contributed by atoms with van der Waals surface area (Å²) in [7, 11) is 1.48. The number of hydrogen-bond donors (Lipinski definition) is 3. The van der Waals surface area contributed by atoms with Gasteiger partial charge in [0.1, 0.15) is 0 Å². The molecule has 3 N–H and O–H groups in total. The molecule has 1 aliphatic heterocycles. The van der Waals surface area contributed by atoms with E-state index in [2.05, 4.69) is 42.4 Å². The molecule has 2 aromatic carbocycles. The molecule has 0 bridgehead atoms. The summed E-state index contributed by atoms with van der Waals surface area (Å²) in [4.78, 5) is 23.4. The minimum atomic E-state index is -3.93. The van der Waals surface area contributed by atoms with E-state index in [1.165, 1.54) is 25.2 Å². The predicted molar refractivity (Wildman–Crippen MR) is 115 cm³/mol. The maximum absolute atomic E-state index is 13.3. The molecule has 0 saturated heterocycles. The van der Waals surface area contributed by atoms with Gasteiger partial charge < -0.3 is 20.7 Å². The first-order chi connectivity index (χ1) is 14.2. The average Bonchev–Trinajstić information content (AvgIpc) is 2.69. The van der Waals surface area contributed by atoms with Gasteiger partial charge in [0.25, 0.3) is 0 Å². The topological polar surface area (TPSA) is 99.5 Å². The number of aliphatic imine (C=N–C) groups is 3. The molecule has 0 aliphatic carbocycles. The lowest BCUT2D eigenvalue weighted by atomic mass is 10.2. The third-order valence-electron chi connectivity index (χ3n) is 3.74. The van der Waals surface area contributed by atoms with Gasteiger partial charge in [0.15, 0.2) is 5.75 Å². The molecule has 1 amide bonds. The molecular weight excluding hydrogens is 441 g/mol. The number of nitrogens with one attached hydrogen (secondary N) is 3. The van der Waals surface area contributed by atoms with Gasteiger partial charge in [-0.2, -0.15) is 13.8 Å². The van der Waals surface area contributed by atoms with Gasteiger partial charge >= 0.3 is 12.0 Å². The Labute approximate surface area is 179 Å². The third kappa shape index (κ3) is 4.84. The number of benzene rings is 2. The molecule has 1 heterocycles. The Hall–Kier alpha value is -3.24. The maximum Gasteiger partial charge on any atom is 0.482 e. The number of fused-ring (bicyclic) bond motifs is 1. The SMILES string of the molecule is C=NC(=NC(=NC)Nc1ccc2c(c1)NC(=O)C(F)(F)O2)Nc1ccc(Cl)cc1Cl. The van der Waals surface area contributed by atoms with Crippen molar-refractivity contribution in [2.75, 3.05) is 23.0 Å². The van der Waals surface area contributed by atoms with Gasteiger partial charge in [0.2, 0.25) is 11.9 Å². The molecule has 3 rings (SSSR count). The first-order valence-corrected chi connectivity index (χ1v) is 9.01. The molecular formula is C18H14Cl2F2N6O2. The monoisotopic (exact) mass is 454 g/mol. The highest BCUT2D eigenvalue weighted by Crippen LogP contribution is 2.36. The van der Waals surface area contributed by atoms with Crippen LogP contribution in [0.4, 0.5) is 25.8 Å². The standard InChI is InChI=1S/C18H14Cl2F2N6O2/c1-23-16(28-17(24-2)27-12-5-3-9(19)7-11(12)20)25-10-4-6-14-13(8-10)26-15(29)18(21,22)30-14/h3-8H,2H2,1H3,(H,26,29)(H2,23,25,27,28). The van der Waals surface area contributed by atoms with Gasteiger partial charge in [-0.25, -0.2) is 4.99 Å². The molecule has 2 aromatic rings. The summed E-state index contributed by atoms with van der Waals surface area (Å²) < 4.78 is 31.1. The van der Waals surface area contributed by atoms with Crippen LogP contribution in [0.15, 0.2) is 51.4 Å². The van der Waals surface area contributed by atoms with E-state index in [1.54, 1.807) is 18.2 Å². The molecule has 0 atom stereocenters. The van der Waals surface area contributed by atoms with E-state index < -0.39 is 12.0 Å². The maximum atomic E-state index is 13.3. The summed E-state index contributed by atoms with van der Waals surface area (Å²) in [5, 5.41) is 8.66. The number of halogens is 4. The third-order valence-corrected chi connectivity index (χ3v) is 4.29. The highest BCUT2D eigenvalue weighted by atomic mass is 35.5. The van der Waals surface area contributed by atoms with E-state index in [0.717, 1.165) is 0 Å². The Morgan fingerprint density at radius 1 is 1.17 bits per heavy atom. The number of amides is 1. The lowest BCUT2D eigenvalue weighted by molar-refractivity contribution is -0.189. The van der Waals surface area contributed by atoms with Crippen molar-refractivity contribution in [2.45, 2.75) is 6.11 Å². The quantitative estimate of drug-likeness (QED) is 0.459. The molecule has 8 nitrogen and oxygen atoms in total. The van der Waals surface area contributed by atoms with E-state index in [9.17, 15) is 13.6 Å². The predicted octanol–water partition coefficient (Wildman–Crippen LogP) is 4.48. The normalized spacial score (nSPS) is 15.6. The number of guanidine groups is 2. The van der Waals surface area contributed by atoms with E-state index in [1.807, 2.05) is 0 Å². The zero-order valence-corrected chi connectivity index (χ0v) is 16.9. The first kappa shape index (κ1) is 21.5. The fourth-order valence-electron chi connectivity index (χ4n) is 2.35. The lowest BCUT2D eigenvalue weighted by Crippen LogP contribution is -2.43. The van der Waals surface area contributed by atoms with Crippen LogP contribution in [0.1, 0.15) is 0 Å². The largest absolute Gasteiger partial charge is 0.482 e. The molecule has 0 spiro atoms. The second-order valence-corrected chi connectivity index (χ2v) is 6.64. The number of hydrogen-bond acceptors (Lipinski definition) is 3. The van der Waals surface area contributed by atoms with Crippen LogP contribution in [0, 0.1) is 0 Å². The van der Waals surface area contributed by atoms with Crippen LogP contribution in [-0.2, 0) is 4.79 Å². The number of carbonyl (C=O) groups excluding carboxylic acids is 1. The molecule has 0 unspecified atom stereocenters. The van der Waals surface area contributed by atoms with Crippen LogP contribution in [0.2, 0.25) is 10.0 Å². The fraction of sp³-hybridized carbons (Fsp3) is 0.111. The van der Waals surface area contributed by atoms with Crippen LogP contribution < -0.4 is 20.7 Å². The van der Waals surface area contributed by atoms with Gasteiger partial charge in [-0.15, -0.1) is 0 Å². The Morgan fingerprint density at radius 2 is 1.93 bits per heavy atom. The summed E-state index contributed by atoms with van der Waals surface area (Å²) >= 11 is 12.0. The van der Waals surface area contributed by atoms with E-state index in [-0.39, 0.29) is 23.4 Å². The van der Waals surface area contributed by atoms with Gasteiger partial charge in [-0.1, -0.05) is 23.2 Å². The summed E-state index contributed by atoms with van der Waals surface area (Å²) in [6.45, 7) is 3.45. The number of ether oxygens (including phenoxy) is 1. The second kappa shape index (κ2) is 8.64. The van der Waals surface area contributed by atoms with Gasteiger partial charge in [-0.05, 0) is 43.1 Å². The molecule has 30 heavy (non-hydrogen) atoms. The molecule has 12 heteroatoms. The molecule has 156 valence electrons. The van der Waals surface area contributed by atoms with Gasteiger partial charge in [0.05, 0.1) is 16.4 Å². The highest BCUT2D eigenvalue weighted by molar-refractivity contribution is 6.36. The van der Waals surface area contributed by atoms with Gasteiger partial charge in [0, 0.05) is 17.8 Å². The van der Waals surface area contributed by atoms with Crippen molar-refractivity contribution >= 4 is 64.8 Å². The van der Waals surface area contributed by atoms with Crippen molar-refractivity contribution in [3.05, 3.63) is 46.4 Å². The smallest absolute Gasteiger partial charge is 0.423 e. The van der Waals surface area contributed by atoms with Gasteiger partial charge in [-0.3, -0.25) is 9.79 Å². The zero-order chi connectivity index (χ0) is 21.9. The highest BCUT2D eigenvalue weighted by Gasteiger charge is 2.46. The minimum Gasteiger partial charge on any atom is -0.423 e. The molecule has 0 aromatic heterocycles. The Balaban J connectivity index is 1.79. The Bertz CT molecular complexity index is 1070. The first-order valence-electron chi connectivity index (χ1n) is 8.25. The number of alkyl halides is 2. The minimum absolute atomic E-state index is 0.0727. The van der Waals surface area contributed by atoms with Crippen LogP contribution in [-0.4, -0.2) is 37.7 Å². The summed E-state index contributed by atoms with van der Waals surface area (Å²) in [6, 6.07) is 8.96. The molecule has 1 aliphatic rings. The van der Waals surface area contributed by atoms with Crippen LogP contribution in [0.3, 0.4) is 0 Å². The Kier molecular flexibility index (Phi) is 6.18. The van der Waals surface area contributed by atoms with Crippen molar-refractivity contribution in [3.63, 3.8) is 0 Å². The van der Waals surface area contributed by atoms with Crippen LogP contribution >= 0.6 is 23.2 Å². The summed E-state index contributed by atoms with van der Waals surface area (Å²) in [6.07, 6.45) is -3.93. The Morgan fingerprint density at radius 3 is 2.60 bits per heavy atom. The zero-order valence-electron chi connectivity index (χ0n) is 15.3. The molecule has 0 radical (unpaired) electrons. The molecule has 0 saturated carbocycles. The lowest BCUT2D eigenvalue weighted by Gasteiger charge is -2.25. The number of carbonyl (C=O) groups is 1. The van der Waals surface area contributed by atoms with Crippen molar-refractivity contribution in [1.82, 2.24) is 0 Å². The van der Waals surface area contributed by atoms with Crippen molar-refractivity contribution < 1.29 is 18.3 Å². The molecule has 0 fully saturated rings. The summed E-state index contributed by atoms with van der Waals surface area (Å²) in [5.74, 6) is -1.53. The van der Waals surface area contributed by atoms with Crippen LogP contribution in [0.25, 0.3) is 0 Å². The fourth-order valence-corrected chi connectivity index (χ4v) is 2.81. The van der Waals surface area contributed by atoms with Crippen molar-refractivity contribution in [2.24, 2.45) is 15.0 Å². The van der Waals surface area contributed by atoms with E-state index in [4.69, 9.17) is 23.2 Å². The van der Waals surface area contributed by atoms with E-state index >= 15 is 0 Å². The van der Waals surface area contributed by atoms with E-state index in [0.29, 0.717) is 21.4 Å². The second-order valence-electron chi connectivity index (χ2n) is 5.80. The summed E-state index contributed by atoms with van der Waals surface area (Å²) in [5.41, 5.74) is 0.973. The number of rotatable bonds is 2. The van der Waals surface area contributed by atoms with Crippen molar-refractivity contribution in [1.29, 1.82) is 0 Å². The average molecular weight is 455 g/mol.